The molecule has 0 spiro atoms. The minimum atomic E-state index is -1.64. The molecule has 4 rings (SSSR count). The number of nitrogens with one attached hydrogen (secondary N) is 1. The van der Waals surface area contributed by atoms with Gasteiger partial charge in [-0.1, -0.05) is 0 Å². The van der Waals surface area contributed by atoms with Gasteiger partial charge in [0.1, 0.15) is 6.07 Å². The number of anilines is 3. The Bertz CT molecular complexity index is 1210. The van der Waals surface area contributed by atoms with Crippen LogP contribution in [0.15, 0.2) is 36.8 Å². The van der Waals surface area contributed by atoms with E-state index >= 15 is 0 Å². The van der Waals surface area contributed by atoms with Crippen molar-refractivity contribution < 1.29 is 0 Å². The number of pyridine rings is 2. The van der Waals surface area contributed by atoms with Gasteiger partial charge in [0.15, 0.2) is 11.5 Å². The first-order chi connectivity index (χ1) is 14.6. The molecule has 0 amide bonds. The zero-order valence-corrected chi connectivity index (χ0v) is 17.2. The van der Waals surface area contributed by atoms with Gasteiger partial charge in [-0.25, -0.2) is 0 Å². The Morgan fingerprint density at radius 3 is 2.55 bits per heavy atom. The molecule has 0 fully saturated rings. The third-order valence-corrected chi connectivity index (χ3v) is 5.22. The van der Waals surface area contributed by atoms with E-state index in [0.717, 1.165) is 11.3 Å². The molecule has 0 aromatic carbocycles. The minimum absolute atomic E-state index is 0.166. The van der Waals surface area contributed by atoms with Gasteiger partial charge in [0.25, 0.3) is 0 Å². The summed E-state index contributed by atoms with van der Waals surface area (Å²) in [5.41, 5.74) is 4.45. The van der Waals surface area contributed by atoms with E-state index < -0.39 is 10.7 Å². The van der Waals surface area contributed by atoms with E-state index in [1.807, 2.05) is 25.1 Å². The molecule has 3 aromatic rings. The second kappa shape index (κ2) is 7.45. The molecule has 1 aliphatic rings. The van der Waals surface area contributed by atoms with E-state index in [1.54, 1.807) is 31.6 Å². The highest BCUT2D eigenvalue weighted by atomic mass is 15.3. The van der Waals surface area contributed by atoms with Crippen LogP contribution in [0.4, 0.5) is 17.2 Å². The third kappa shape index (κ3) is 3.67. The normalized spacial score (nSPS) is 16.2. The lowest BCUT2D eigenvalue weighted by Crippen LogP contribution is -2.66. The summed E-state index contributed by atoms with van der Waals surface area (Å²) in [5, 5.41) is 17.3. The Balaban J connectivity index is 1.80. The van der Waals surface area contributed by atoms with Crippen molar-refractivity contribution in [1.29, 1.82) is 5.26 Å². The molecular weight excluding hydrogens is 382 g/mol. The largest absolute Gasteiger partial charge is 0.374 e. The molecule has 1 N–H and O–H groups in total. The van der Waals surface area contributed by atoms with Crippen molar-refractivity contribution in [2.45, 2.75) is 30.9 Å². The van der Waals surface area contributed by atoms with Crippen molar-refractivity contribution in [1.82, 2.24) is 20.2 Å². The van der Waals surface area contributed by atoms with Crippen LogP contribution in [0.25, 0.3) is 0 Å². The van der Waals surface area contributed by atoms with Crippen LogP contribution in [-0.4, -0.2) is 56.9 Å². The van der Waals surface area contributed by atoms with Crippen molar-refractivity contribution in [3.8, 4) is 6.07 Å². The summed E-state index contributed by atoms with van der Waals surface area (Å²) in [6, 6.07) is 7.20. The average Bonchev–Trinajstić information content (AvgIpc) is 2.71. The van der Waals surface area contributed by atoms with Crippen LogP contribution >= 0.6 is 0 Å². The summed E-state index contributed by atoms with van der Waals surface area (Å²) in [5.74, 6) is 0.294. The number of aryl methyl sites for hydroxylation is 2. The summed E-state index contributed by atoms with van der Waals surface area (Å²) < 4.78 is 0. The summed E-state index contributed by atoms with van der Waals surface area (Å²) >= 11 is 0. The quantitative estimate of drug-likeness (QED) is 0.660. The number of rotatable bonds is 3. The molecule has 1 aliphatic heterocycles. The Morgan fingerprint density at radius 2 is 1.87 bits per heavy atom. The molecule has 0 saturated heterocycles. The molecule has 0 atom stereocenters. The zero-order valence-electron chi connectivity index (χ0n) is 17.2. The standard InChI is InChI=1S/C20H15B4N7/c1-11-5-13(8-25)29-30-18(11)31-19(21,22)7-17-15(20(31,23)24)6-14(10-27-17)28-16-3-4-26-9-12(16)2/h3-6,9-10H,7H2,1-2H3,(H,26,28). The van der Waals surface area contributed by atoms with Crippen molar-refractivity contribution in [2.24, 2.45) is 0 Å². The number of nitriles is 1. The first-order valence-electron chi connectivity index (χ1n) is 9.51. The van der Waals surface area contributed by atoms with Gasteiger partial charge >= 0.3 is 0 Å². The summed E-state index contributed by atoms with van der Waals surface area (Å²) in [7, 11) is 26.0. The van der Waals surface area contributed by atoms with Gasteiger partial charge in [-0.3, -0.25) is 9.97 Å². The van der Waals surface area contributed by atoms with Gasteiger partial charge < -0.3 is 10.2 Å². The van der Waals surface area contributed by atoms with Gasteiger partial charge in [0.2, 0.25) is 0 Å². The van der Waals surface area contributed by atoms with Gasteiger partial charge in [-0.2, -0.15) is 5.26 Å². The fraction of sp³-hybridized carbons (Fsp3) is 0.250. The lowest BCUT2D eigenvalue weighted by molar-refractivity contribution is 0.558. The molecular formula is C20H15B4N7. The van der Waals surface area contributed by atoms with Crippen LogP contribution in [0.3, 0.4) is 0 Å². The molecule has 0 unspecified atom stereocenters. The van der Waals surface area contributed by atoms with Crippen molar-refractivity contribution in [3.05, 3.63) is 64.9 Å². The predicted octanol–water partition coefficient (Wildman–Crippen LogP) is 1.000. The van der Waals surface area contributed by atoms with E-state index in [-0.39, 0.29) is 12.1 Å². The molecule has 0 bridgehead atoms. The Kier molecular flexibility index (Phi) is 5.04. The summed E-state index contributed by atoms with van der Waals surface area (Å²) in [4.78, 5) is 10.0. The van der Waals surface area contributed by atoms with Gasteiger partial charge in [0, 0.05) is 23.8 Å². The zero-order chi connectivity index (χ0) is 22.4. The van der Waals surface area contributed by atoms with Crippen LogP contribution in [0.5, 0.6) is 0 Å². The molecule has 142 valence electrons. The van der Waals surface area contributed by atoms with E-state index in [2.05, 4.69) is 25.5 Å². The molecule has 31 heavy (non-hydrogen) atoms. The highest BCUT2D eigenvalue weighted by Gasteiger charge is 2.45. The summed E-state index contributed by atoms with van der Waals surface area (Å²) in [6.07, 6.45) is 5.31. The van der Waals surface area contributed by atoms with E-state index in [9.17, 15) is 0 Å². The van der Waals surface area contributed by atoms with E-state index in [4.69, 9.17) is 36.6 Å². The third-order valence-electron chi connectivity index (χ3n) is 5.22. The number of fused-ring (bicyclic) bond motifs is 1. The maximum atomic E-state index is 9.09. The van der Waals surface area contributed by atoms with Crippen LogP contribution in [0, 0.1) is 25.2 Å². The van der Waals surface area contributed by atoms with Gasteiger partial charge in [-0.05, 0) is 65.8 Å². The first-order valence-corrected chi connectivity index (χ1v) is 9.51. The van der Waals surface area contributed by atoms with Gasteiger partial charge in [-0.15, -0.1) is 10.2 Å². The molecule has 0 saturated carbocycles. The van der Waals surface area contributed by atoms with Crippen LogP contribution in [0.1, 0.15) is 28.1 Å². The van der Waals surface area contributed by atoms with E-state index in [1.165, 1.54) is 4.90 Å². The number of hydrogen-bond donors (Lipinski definition) is 1. The van der Waals surface area contributed by atoms with Crippen molar-refractivity contribution in [3.63, 3.8) is 0 Å². The molecule has 11 heteroatoms. The predicted molar refractivity (Wildman–Crippen MR) is 122 cm³/mol. The topological polar surface area (TPSA) is 90.6 Å². The number of aromatic nitrogens is 4. The average molecular weight is 397 g/mol. The molecule has 0 aliphatic carbocycles. The maximum absolute atomic E-state index is 9.09. The van der Waals surface area contributed by atoms with Crippen LogP contribution in [-0.2, 0) is 11.8 Å². The second-order valence-electron chi connectivity index (χ2n) is 7.71. The number of hydrogen-bond acceptors (Lipinski definition) is 7. The first kappa shape index (κ1) is 21.0. The fourth-order valence-corrected chi connectivity index (χ4v) is 3.76. The smallest absolute Gasteiger partial charge is 0.163 e. The lowest BCUT2D eigenvalue weighted by Gasteiger charge is -2.56. The molecule has 8 radical (unpaired) electrons. The second-order valence-corrected chi connectivity index (χ2v) is 7.71. The van der Waals surface area contributed by atoms with Gasteiger partial charge in [0.05, 0.1) is 43.3 Å². The van der Waals surface area contributed by atoms with Crippen molar-refractivity contribution in [2.75, 3.05) is 10.2 Å². The van der Waals surface area contributed by atoms with Crippen LogP contribution < -0.4 is 10.2 Å². The highest BCUT2D eigenvalue weighted by Crippen LogP contribution is 2.41. The molecule has 4 heterocycles. The number of nitrogens with zero attached hydrogens (tertiary/aromatic N) is 6. The monoisotopic (exact) mass is 397 g/mol. The minimum Gasteiger partial charge on any atom is -0.374 e. The Morgan fingerprint density at radius 1 is 1.10 bits per heavy atom. The van der Waals surface area contributed by atoms with Crippen molar-refractivity contribution >= 4 is 48.6 Å². The van der Waals surface area contributed by atoms with Crippen LogP contribution in [0.2, 0.25) is 0 Å². The Hall–Kier alpha value is -3.27. The molecule has 3 aromatic heterocycles. The SMILES string of the molecule is [B]C1([B])Cc2ncc(Nc3ccncc3C)cc2C([B])([B])N1c1nnc(C#N)cc1C. The Labute approximate surface area is 186 Å². The fourth-order valence-electron chi connectivity index (χ4n) is 3.76. The van der Waals surface area contributed by atoms with E-state index in [0.29, 0.717) is 28.3 Å². The maximum Gasteiger partial charge on any atom is 0.163 e. The highest BCUT2D eigenvalue weighted by molar-refractivity contribution is 6.48. The summed E-state index contributed by atoms with van der Waals surface area (Å²) in [6.45, 7) is 3.71. The molecule has 7 nitrogen and oxygen atoms in total. The lowest BCUT2D eigenvalue weighted by atomic mass is 9.46.